The predicted molar refractivity (Wildman–Crippen MR) is 102 cm³/mol. The third-order valence-electron chi connectivity index (χ3n) is 3.51. The van der Waals surface area contributed by atoms with Gasteiger partial charge in [-0.05, 0) is 36.5 Å². The number of thiocarbonyl (C=S) groups is 1. The van der Waals surface area contributed by atoms with Crippen LogP contribution < -0.4 is 15.5 Å². The number of carbonyl (C=O) groups excluding carboxylic acids is 1. The van der Waals surface area contributed by atoms with Crippen molar-refractivity contribution in [3.8, 4) is 0 Å². The number of carbonyl (C=O) groups is 1. The second-order valence-electron chi connectivity index (χ2n) is 5.12. The van der Waals surface area contributed by atoms with E-state index < -0.39 is 0 Å². The van der Waals surface area contributed by atoms with Gasteiger partial charge >= 0.3 is 0 Å². The summed E-state index contributed by atoms with van der Waals surface area (Å²) in [6.45, 7) is 10.4. The van der Waals surface area contributed by atoms with Crippen LogP contribution in [0.15, 0.2) is 61.2 Å². The molecule has 0 radical (unpaired) electrons. The average Bonchev–Trinajstić information content (AvgIpc) is 2.60. The fourth-order valence-electron chi connectivity index (χ4n) is 2.28. The van der Waals surface area contributed by atoms with Crippen molar-refractivity contribution < 1.29 is 9.53 Å². The molecule has 2 N–H and O–H groups in total. The highest BCUT2D eigenvalue weighted by molar-refractivity contribution is 7.80. The Kier molecular flexibility index (Phi) is 6.72. The van der Waals surface area contributed by atoms with Crippen LogP contribution in [0.3, 0.4) is 0 Å². The van der Waals surface area contributed by atoms with Gasteiger partial charge in [0.1, 0.15) is 0 Å². The monoisotopic (exact) mass is 343 g/mol. The van der Waals surface area contributed by atoms with Crippen LogP contribution in [0.1, 0.15) is 0 Å². The van der Waals surface area contributed by atoms with E-state index in [0.717, 1.165) is 37.7 Å². The number of allylic oxidation sites excluding steroid dienone is 2. The Morgan fingerprint density at radius 2 is 1.88 bits per heavy atom. The summed E-state index contributed by atoms with van der Waals surface area (Å²) in [4.78, 5) is 14.2. The van der Waals surface area contributed by atoms with E-state index in [1.165, 1.54) is 12.2 Å². The lowest BCUT2D eigenvalue weighted by Crippen LogP contribution is -2.36. The van der Waals surface area contributed by atoms with Crippen molar-refractivity contribution in [3.63, 3.8) is 0 Å². The molecule has 0 unspecified atom stereocenters. The zero-order valence-corrected chi connectivity index (χ0v) is 14.3. The molecule has 0 spiro atoms. The smallest absolute Gasteiger partial charge is 0.257 e. The van der Waals surface area contributed by atoms with Crippen LogP contribution in [-0.2, 0) is 9.53 Å². The van der Waals surface area contributed by atoms with Crippen molar-refractivity contribution in [2.45, 2.75) is 0 Å². The molecule has 1 amide bonds. The van der Waals surface area contributed by atoms with Crippen molar-refractivity contribution in [1.82, 2.24) is 5.32 Å². The van der Waals surface area contributed by atoms with Gasteiger partial charge in [0.2, 0.25) is 0 Å². The van der Waals surface area contributed by atoms with Crippen LogP contribution in [0.25, 0.3) is 0 Å². The Morgan fingerprint density at radius 1 is 1.21 bits per heavy atom. The summed E-state index contributed by atoms with van der Waals surface area (Å²) in [5, 5.41) is 5.83. The molecule has 1 aromatic rings. The lowest BCUT2D eigenvalue weighted by Gasteiger charge is -2.28. The number of amides is 1. The van der Waals surface area contributed by atoms with E-state index >= 15 is 0 Å². The summed E-state index contributed by atoms with van der Waals surface area (Å²) in [6, 6.07) is 7.89. The first-order valence-electron chi connectivity index (χ1n) is 7.64. The number of hydrogen-bond acceptors (Lipinski definition) is 4. The molecular formula is C18H21N3O2S. The van der Waals surface area contributed by atoms with Crippen molar-refractivity contribution in [2.24, 2.45) is 0 Å². The highest BCUT2D eigenvalue weighted by Crippen LogP contribution is 2.19. The number of nitrogens with one attached hydrogen (secondary N) is 2. The van der Waals surface area contributed by atoms with E-state index in [1.54, 1.807) is 6.08 Å². The molecule has 24 heavy (non-hydrogen) atoms. The first kappa shape index (κ1) is 17.9. The Bertz CT molecular complexity index is 647. The van der Waals surface area contributed by atoms with Crippen molar-refractivity contribution in [1.29, 1.82) is 0 Å². The average molecular weight is 343 g/mol. The van der Waals surface area contributed by atoms with Gasteiger partial charge in [-0.15, -0.1) is 0 Å². The van der Waals surface area contributed by atoms with E-state index in [1.807, 2.05) is 24.3 Å². The van der Waals surface area contributed by atoms with Gasteiger partial charge in [-0.3, -0.25) is 10.1 Å². The molecular weight excluding hydrogens is 322 g/mol. The predicted octanol–water partition coefficient (Wildman–Crippen LogP) is 2.63. The van der Waals surface area contributed by atoms with Gasteiger partial charge < -0.3 is 15.0 Å². The van der Waals surface area contributed by atoms with Gasteiger partial charge in [0.15, 0.2) is 5.11 Å². The maximum absolute atomic E-state index is 12.0. The van der Waals surface area contributed by atoms with E-state index in [9.17, 15) is 4.79 Å². The van der Waals surface area contributed by atoms with Gasteiger partial charge in [0.05, 0.1) is 13.2 Å². The number of nitrogens with zero attached hydrogens (tertiary/aromatic N) is 1. The minimum atomic E-state index is -0.327. The lowest BCUT2D eigenvalue weighted by atomic mass is 10.2. The summed E-state index contributed by atoms with van der Waals surface area (Å²) in [5.41, 5.74) is 2.35. The summed E-state index contributed by atoms with van der Waals surface area (Å²) < 4.78 is 5.35. The maximum Gasteiger partial charge on any atom is 0.257 e. The van der Waals surface area contributed by atoms with Crippen LogP contribution in [0, 0.1) is 0 Å². The Balaban J connectivity index is 1.92. The van der Waals surface area contributed by atoms with E-state index in [-0.39, 0.29) is 11.0 Å². The first-order valence-corrected chi connectivity index (χ1v) is 8.05. The van der Waals surface area contributed by atoms with E-state index in [4.69, 9.17) is 17.0 Å². The highest BCUT2D eigenvalue weighted by Gasteiger charge is 2.11. The molecule has 126 valence electrons. The Morgan fingerprint density at radius 3 is 2.46 bits per heavy atom. The molecule has 2 rings (SSSR count). The Hall–Kier alpha value is -2.44. The number of ether oxygens (including phenoxy) is 1. The van der Waals surface area contributed by atoms with E-state index in [0.29, 0.717) is 5.57 Å². The minimum absolute atomic E-state index is 0.232. The third kappa shape index (κ3) is 5.04. The topological polar surface area (TPSA) is 53.6 Å². The van der Waals surface area contributed by atoms with Gasteiger partial charge in [0, 0.05) is 30.0 Å². The standard InChI is InChI=1S/C18H21N3O2S/c1-3-5-14(4-2)17(22)20-18(24)19-15-6-8-16(9-7-15)21-10-12-23-13-11-21/h3-9H,1-2,10-13H2,(H2,19,20,22,24)/b14-5+. The molecule has 1 heterocycles. The molecule has 1 aromatic carbocycles. The molecule has 6 heteroatoms. The highest BCUT2D eigenvalue weighted by atomic mass is 32.1. The zero-order chi connectivity index (χ0) is 17.4. The van der Waals surface area contributed by atoms with Crippen LogP contribution in [0.5, 0.6) is 0 Å². The second kappa shape index (κ2) is 9.00. The molecule has 0 aliphatic carbocycles. The van der Waals surface area contributed by atoms with Gasteiger partial charge in [-0.25, -0.2) is 0 Å². The zero-order valence-electron chi connectivity index (χ0n) is 13.5. The lowest BCUT2D eigenvalue weighted by molar-refractivity contribution is -0.115. The number of hydrogen-bond donors (Lipinski definition) is 2. The van der Waals surface area contributed by atoms with Crippen LogP contribution in [0.2, 0.25) is 0 Å². The minimum Gasteiger partial charge on any atom is -0.378 e. The van der Waals surface area contributed by atoms with Crippen molar-refractivity contribution in [3.05, 3.63) is 61.2 Å². The second-order valence-corrected chi connectivity index (χ2v) is 5.52. The maximum atomic E-state index is 12.0. The normalized spacial score (nSPS) is 14.7. The number of morpholine rings is 1. The summed E-state index contributed by atoms with van der Waals surface area (Å²) in [7, 11) is 0. The Labute approximate surface area is 147 Å². The van der Waals surface area contributed by atoms with Crippen LogP contribution in [0.4, 0.5) is 11.4 Å². The molecule has 5 nitrogen and oxygen atoms in total. The molecule has 0 saturated carbocycles. The van der Waals surface area contributed by atoms with Gasteiger partial charge in [-0.1, -0.05) is 31.4 Å². The van der Waals surface area contributed by atoms with Gasteiger partial charge in [-0.2, -0.15) is 0 Å². The summed E-state index contributed by atoms with van der Waals surface area (Å²) in [6.07, 6.45) is 4.55. The number of anilines is 2. The largest absolute Gasteiger partial charge is 0.378 e. The molecule has 1 aliphatic heterocycles. The summed E-state index contributed by atoms with van der Waals surface area (Å²) >= 11 is 5.16. The van der Waals surface area contributed by atoms with Gasteiger partial charge in [0.25, 0.3) is 5.91 Å². The van der Waals surface area contributed by atoms with Crippen molar-refractivity contribution in [2.75, 3.05) is 36.5 Å². The summed E-state index contributed by atoms with van der Waals surface area (Å²) in [5.74, 6) is -0.327. The molecule has 0 bridgehead atoms. The quantitative estimate of drug-likeness (QED) is 0.489. The molecule has 1 fully saturated rings. The van der Waals surface area contributed by atoms with Crippen LogP contribution >= 0.6 is 12.2 Å². The van der Waals surface area contributed by atoms with Crippen LogP contribution in [-0.4, -0.2) is 37.3 Å². The molecule has 1 aliphatic rings. The number of benzene rings is 1. The number of rotatable bonds is 5. The molecule has 0 atom stereocenters. The first-order chi connectivity index (χ1) is 11.6. The molecule has 1 saturated heterocycles. The third-order valence-corrected chi connectivity index (χ3v) is 3.71. The fraction of sp³-hybridized carbons (Fsp3) is 0.222. The van der Waals surface area contributed by atoms with E-state index in [2.05, 4.69) is 28.7 Å². The van der Waals surface area contributed by atoms with Crippen molar-refractivity contribution >= 4 is 34.6 Å². The molecule has 0 aromatic heterocycles. The SMILES string of the molecule is C=C/C=C(\C=C)C(=O)NC(=S)Nc1ccc(N2CCOCC2)cc1. The fourth-order valence-corrected chi connectivity index (χ4v) is 2.49.